The Bertz CT molecular complexity index is 3040. The zero-order valence-corrected chi connectivity index (χ0v) is 30.3. The molecule has 10 rings (SSSR count). The summed E-state index contributed by atoms with van der Waals surface area (Å²) >= 11 is 0. The van der Waals surface area contributed by atoms with Gasteiger partial charge in [-0.2, -0.15) is 0 Å². The molecule has 0 fully saturated rings. The highest BCUT2D eigenvalue weighted by molar-refractivity contribution is 6.00. The van der Waals surface area contributed by atoms with Crippen molar-refractivity contribution in [3.05, 3.63) is 200 Å². The lowest BCUT2D eigenvalue weighted by molar-refractivity contribution is 1.07. The van der Waals surface area contributed by atoms with E-state index in [2.05, 4.69) is 177 Å². The summed E-state index contributed by atoms with van der Waals surface area (Å²) in [6, 6.07) is 68.8. The largest absolute Gasteiger partial charge is 0.208 e. The van der Waals surface area contributed by atoms with Gasteiger partial charge in [-0.3, -0.25) is 0 Å². The molecule has 0 spiro atoms. The molecule has 0 aliphatic heterocycles. The number of fused-ring (bicyclic) bond motifs is 3. The van der Waals surface area contributed by atoms with Crippen LogP contribution in [-0.2, 0) is 0 Å². The maximum Gasteiger partial charge on any atom is 0.164 e. The lowest BCUT2D eigenvalue weighted by Crippen LogP contribution is -2.00. The van der Waals surface area contributed by atoms with Gasteiger partial charge in [0.2, 0.25) is 0 Å². The normalized spacial score (nSPS) is 11.4. The van der Waals surface area contributed by atoms with E-state index in [-0.39, 0.29) is 0 Å². The summed E-state index contributed by atoms with van der Waals surface area (Å²) in [6.45, 7) is 2.21. The van der Waals surface area contributed by atoms with Crippen LogP contribution in [0.25, 0.3) is 99.9 Å². The number of aryl methyl sites for hydroxylation is 1. The minimum Gasteiger partial charge on any atom is -0.208 e. The smallest absolute Gasteiger partial charge is 0.164 e. The summed E-state index contributed by atoms with van der Waals surface area (Å²) in [5.41, 5.74) is 11.2. The van der Waals surface area contributed by atoms with Gasteiger partial charge in [0.1, 0.15) is 0 Å². The van der Waals surface area contributed by atoms with Crippen LogP contribution >= 0.6 is 0 Å². The van der Waals surface area contributed by atoms with E-state index < -0.39 is 0 Å². The number of hydrogen-bond acceptors (Lipinski definition) is 3. The summed E-state index contributed by atoms with van der Waals surface area (Å²) in [5, 5.41) is 7.30. The molecule has 1 heterocycles. The summed E-state index contributed by atoms with van der Waals surface area (Å²) in [7, 11) is 0. The molecule has 0 N–H and O–H groups in total. The monoisotopic (exact) mass is 701 g/mol. The second-order valence-electron chi connectivity index (χ2n) is 14.2. The average Bonchev–Trinajstić information content (AvgIpc) is 3.26. The minimum absolute atomic E-state index is 0.639. The average molecular weight is 702 g/mol. The SMILES string of the molecule is Cc1cc(-c2cccc3ccccc23)cc2ccc(-c3cccc(-c4nc(-c5ccccc5)nc(-c5ccc6ccc(-c7ccccc7)cc6c5)n4)c3)cc12. The van der Waals surface area contributed by atoms with Crippen LogP contribution in [0.2, 0.25) is 0 Å². The van der Waals surface area contributed by atoms with Crippen molar-refractivity contribution < 1.29 is 0 Å². The molecule has 0 saturated carbocycles. The molecule has 0 amide bonds. The van der Waals surface area contributed by atoms with Crippen LogP contribution in [0, 0.1) is 6.92 Å². The van der Waals surface area contributed by atoms with Crippen LogP contribution in [-0.4, -0.2) is 15.0 Å². The van der Waals surface area contributed by atoms with E-state index in [4.69, 9.17) is 15.0 Å². The molecule has 0 aliphatic carbocycles. The van der Waals surface area contributed by atoms with Crippen molar-refractivity contribution in [2.24, 2.45) is 0 Å². The van der Waals surface area contributed by atoms with Crippen molar-refractivity contribution in [1.29, 1.82) is 0 Å². The van der Waals surface area contributed by atoms with E-state index in [0.717, 1.165) is 33.2 Å². The third-order valence-electron chi connectivity index (χ3n) is 10.6. The molecule has 0 bridgehead atoms. The van der Waals surface area contributed by atoms with E-state index in [0.29, 0.717) is 17.5 Å². The van der Waals surface area contributed by atoms with E-state index >= 15 is 0 Å². The Labute approximate surface area is 320 Å². The van der Waals surface area contributed by atoms with Gasteiger partial charge in [0, 0.05) is 16.7 Å². The van der Waals surface area contributed by atoms with E-state index in [9.17, 15) is 0 Å². The summed E-state index contributed by atoms with van der Waals surface area (Å²) in [4.78, 5) is 15.2. The maximum absolute atomic E-state index is 5.12. The molecule has 10 aromatic rings. The molecule has 0 saturated heterocycles. The van der Waals surface area contributed by atoms with E-state index in [1.54, 1.807) is 0 Å². The molecule has 3 nitrogen and oxygen atoms in total. The van der Waals surface area contributed by atoms with Crippen molar-refractivity contribution in [1.82, 2.24) is 15.0 Å². The second kappa shape index (κ2) is 13.6. The van der Waals surface area contributed by atoms with Crippen molar-refractivity contribution in [3.63, 3.8) is 0 Å². The predicted molar refractivity (Wildman–Crippen MR) is 230 cm³/mol. The third-order valence-corrected chi connectivity index (χ3v) is 10.6. The van der Waals surface area contributed by atoms with Gasteiger partial charge in [0.05, 0.1) is 0 Å². The van der Waals surface area contributed by atoms with Gasteiger partial charge in [-0.05, 0) is 109 Å². The standard InChI is InChI=1S/C52H35N3/c1-34-28-46(48-21-11-17-37-14-8-9-20-47(37)48)31-42-26-25-41(33-49(34)42)39-18-10-19-43(29-39)51-53-50(38-15-6-3-7-16-38)54-52(55-51)44-27-23-36-22-24-40(30-45(36)32-44)35-12-4-2-5-13-35/h2-33H,1H3. The molecule has 1 aromatic heterocycles. The molecule has 258 valence electrons. The van der Waals surface area contributed by atoms with Gasteiger partial charge in [-0.15, -0.1) is 0 Å². The highest BCUT2D eigenvalue weighted by Crippen LogP contribution is 2.36. The topological polar surface area (TPSA) is 38.7 Å². The lowest BCUT2D eigenvalue weighted by Gasteiger charge is -2.13. The van der Waals surface area contributed by atoms with Crippen LogP contribution in [0.15, 0.2) is 194 Å². The Hall–Kier alpha value is -7.23. The Morgan fingerprint density at radius 3 is 1.56 bits per heavy atom. The van der Waals surface area contributed by atoms with Crippen molar-refractivity contribution >= 4 is 32.3 Å². The van der Waals surface area contributed by atoms with Gasteiger partial charge in [0.15, 0.2) is 17.5 Å². The molecular weight excluding hydrogens is 667 g/mol. The van der Waals surface area contributed by atoms with Crippen LogP contribution < -0.4 is 0 Å². The second-order valence-corrected chi connectivity index (χ2v) is 14.2. The molecule has 55 heavy (non-hydrogen) atoms. The van der Waals surface area contributed by atoms with Crippen LogP contribution in [0.5, 0.6) is 0 Å². The zero-order valence-electron chi connectivity index (χ0n) is 30.3. The molecule has 0 radical (unpaired) electrons. The first-order valence-corrected chi connectivity index (χ1v) is 18.7. The van der Waals surface area contributed by atoms with Gasteiger partial charge in [-0.1, -0.05) is 164 Å². The summed E-state index contributed by atoms with van der Waals surface area (Å²) in [6.07, 6.45) is 0. The number of rotatable bonds is 6. The van der Waals surface area contributed by atoms with Crippen molar-refractivity contribution in [3.8, 4) is 67.5 Å². The summed E-state index contributed by atoms with van der Waals surface area (Å²) < 4.78 is 0. The van der Waals surface area contributed by atoms with Crippen LogP contribution in [0.4, 0.5) is 0 Å². The van der Waals surface area contributed by atoms with Crippen molar-refractivity contribution in [2.45, 2.75) is 6.92 Å². The predicted octanol–water partition coefficient (Wildman–Crippen LogP) is 13.6. The van der Waals surface area contributed by atoms with E-state index in [1.165, 1.54) is 54.7 Å². The minimum atomic E-state index is 0.639. The van der Waals surface area contributed by atoms with E-state index in [1.807, 2.05) is 24.3 Å². The highest BCUT2D eigenvalue weighted by Gasteiger charge is 2.15. The third kappa shape index (κ3) is 6.22. The molecule has 9 aromatic carbocycles. The fraction of sp³-hybridized carbons (Fsp3) is 0.0192. The summed E-state index contributed by atoms with van der Waals surface area (Å²) in [5.74, 6) is 1.93. The Balaban J connectivity index is 1.04. The van der Waals surface area contributed by atoms with Gasteiger partial charge < -0.3 is 0 Å². The first-order chi connectivity index (χ1) is 27.1. The maximum atomic E-state index is 5.12. The molecule has 0 aliphatic rings. The zero-order chi connectivity index (χ0) is 36.7. The van der Waals surface area contributed by atoms with Crippen LogP contribution in [0.3, 0.4) is 0 Å². The number of nitrogens with zero attached hydrogens (tertiary/aromatic N) is 3. The van der Waals surface area contributed by atoms with Gasteiger partial charge >= 0.3 is 0 Å². The fourth-order valence-corrected chi connectivity index (χ4v) is 7.74. The first kappa shape index (κ1) is 32.4. The Morgan fingerprint density at radius 2 is 0.782 bits per heavy atom. The van der Waals surface area contributed by atoms with Crippen molar-refractivity contribution in [2.75, 3.05) is 0 Å². The first-order valence-electron chi connectivity index (χ1n) is 18.7. The Morgan fingerprint density at radius 1 is 0.273 bits per heavy atom. The van der Waals surface area contributed by atoms with Gasteiger partial charge in [0.25, 0.3) is 0 Å². The molecule has 3 heteroatoms. The molecule has 0 atom stereocenters. The highest BCUT2D eigenvalue weighted by atomic mass is 15.0. The number of aromatic nitrogens is 3. The molecular formula is C52H35N3. The number of hydrogen-bond donors (Lipinski definition) is 0. The number of benzene rings is 9. The fourth-order valence-electron chi connectivity index (χ4n) is 7.74. The van der Waals surface area contributed by atoms with Crippen LogP contribution in [0.1, 0.15) is 5.56 Å². The van der Waals surface area contributed by atoms with Gasteiger partial charge in [-0.25, -0.2) is 15.0 Å². The molecule has 0 unspecified atom stereocenters. The quantitative estimate of drug-likeness (QED) is 0.173. The Kier molecular flexibility index (Phi) is 8.04. The lowest BCUT2D eigenvalue weighted by atomic mass is 9.92.